The van der Waals surface area contributed by atoms with Gasteiger partial charge in [-0.15, -0.1) is 0 Å². The molecular weight excluding hydrogens is 276 g/mol. The fourth-order valence-corrected chi connectivity index (χ4v) is 3.12. The number of aliphatic hydroxyl groups excluding tert-OH is 1. The summed E-state index contributed by atoms with van der Waals surface area (Å²) in [5, 5.41) is 10.0. The molecular formula is C18H26N2O2. The summed E-state index contributed by atoms with van der Waals surface area (Å²) in [6.45, 7) is 8.98. The molecule has 22 heavy (non-hydrogen) atoms. The molecule has 0 saturated carbocycles. The minimum absolute atomic E-state index is 0.233. The monoisotopic (exact) mass is 302 g/mol. The molecule has 1 atom stereocenters. The number of hydrogen-bond donors (Lipinski definition) is 1. The van der Waals surface area contributed by atoms with Gasteiger partial charge in [0.15, 0.2) is 11.5 Å². The maximum atomic E-state index is 10.0. The molecule has 0 spiro atoms. The summed E-state index contributed by atoms with van der Waals surface area (Å²) < 4.78 is 6.01. The van der Waals surface area contributed by atoms with Crippen molar-refractivity contribution in [2.24, 2.45) is 5.92 Å². The SMILES string of the molecule is Cc1cccc2nc(C3CCN(CC(O)C(C)C)CC3)oc12. The van der Waals surface area contributed by atoms with Gasteiger partial charge in [0.05, 0.1) is 6.10 Å². The van der Waals surface area contributed by atoms with E-state index in [0.29, 0.717) is 11.8 Å². The van der Waals surface area contributed by atoms with Crippen LogP contribution in [-0.2, 0) is 0 Å². The number of nitrogens with zero attached hydrogens (tertiary/aromatic N) is 2. The molecule has 1 aliphatic rings. The van der Waals surface area contributed by atoms with Crippen molar-refractivity contribution in [3.05, 3.63) is 29.7 Å². The van der Waals surface area contributed by atoms with Crippen LogP contribution in [-0.4, -0.2) is 40.7 Å². The molecule has 4 nitrogen and oxygen atoms in total. The minimum atomic E-state index is -0.233. The number of aliphatic hydroxyl groups is 1. The second-order valence-corrected chi connectivity index (χ2v) is 6.86. The molecule has 1 aliphatic heterocycles. The number of piperidine rings is 1. The number of benzene rings is 1. The van der Waals surface area contributed by atoms with E-state index in [1.54, 1.807) is 0 Å². The molecule has 0 amide bonds. The van der Waals surface area contributed by atoms with Gasteiger partial charge in [0, 0.05) is 12.5 Å². The predicted molar refractivity (Wildman–Crippen MR) is 88.0 cm³/mol. The molecule has 2 heterocycles. The number of aromatic nitrogens is 1. The molecule has 2 aromatic rings. The van der Waals surface area contributed by atoms with Crippen LogP contribution in [0.2, 0.25) is 0 Å². The van der Waals surface area contributed by atoms with E-state index in [9.17, 15) is 5.11 Å². The van der Waals surface area contributed by atoms with Gasteiger partial charge in [-0.2, -0.15) is 0 Å². The van der Waals surface area contributed by atoms with Gasteiger partial charge in [-0.25, -0.2) is 4.98 Å². The molecule has 1 saturated heterocycles. The Morgan fingerprint density at radius 3 is 2.68 bits per heavy atom. The summed E-state index contributed by atoms with van der Waals surface area (Å²) in [7, 11) is 0. The molecule has 1 aromatic heterocycles. The fraction of sp³-hybridized carbons (Fsp3) is 0.611. The van der Waals surface area contributed by atoms with Crippen molar-refractivity contribution in [2.75, 3.05) is 19.6 Å². The summed E-state index contributed by atoms with van der Waals surface area (Å²) >= 11 is 0. The number of likely N-dealkylation sites (tertiary alicyclic amines) is 1. The topological polar surface area (TPSA) is 49.5 Å². The number of oxazole rings is 1. The Kier molecular flexibility index (Phi) is 4.50. The van der Waals surface area contributed by atoms with Crippen LogP contribution in [0.3, 0.4) is 0 Å². The molecule has 0 radical (unpaired) electrons. The lowest BCUT2D eigenvalue weighted by molar-refractivity contribution is 0.0643. The first-order chi connectivity index (χ1) is 10.5. The van der Waals surface area contributed by atoms with Crippen LogP contribution < -0.4 is 0 Å². The lowest BCUT2D eigenvalue weighted by atomic mass is 9.96. The minimum Gasteiger partial charge on any atom is -0.440 e. The highest BCUT2D eigenvalue weighted by Gasteiger charge is 2.26. The number of hydrogen-bond acceptors (Lipinski definition) is 4. The third-order valence-electron chi connectivity index (χ3n) is 4.78. The number of fused-ring (bicyclic) bond motifs is 1. The lowest BCUT2D eigenvalue weighted by Gasteiger charge is -2.32. The smallest absolute Gasteiger partial charge is 0.198 e. The Labute approximate surface area is 132 Å². The molecule has 1 fully saturated rings. The first kappa shape index (κ1) is 15.5. The number of aryl methyl sites for hydroxylation is 1. The maximum absolute atomic E-state index is 10.0. The summed E-state index contributed by atoms with van der Waals surface area (Å²) in [6.07, 6.45) is 1.87. The molecule has 1 aromatic carbocycles. The van der Waals surface area contributed by atoms with Gasteiger partial charge in [0.2, 0.25) is 0 Å². The standard InChI is InChI=1S/C18H26N2O2/c1-12(2)16(21)11-20-9-7-14(8-10-20)18-19-15-6-4-5-13(3)17(15)22-18/h4-6,12,14,16,21H,7-11H2,1-3H3. The van der Waals surface area contributed by atoms with E-state index >= 15 is 0 Å². The molecule has 3 rings (SSSR count). The number of β-amino-alcohol motifs (C(OH)–C–C–N with tert-alkyl or cyclic N) is 1. The van der Waals surface area contributed by atoms with E-state index in [4.69, 9.17) is 4.42 Å². The van der Waals surface area contributed by atoms with Crippen LogP contribution in [0.5, 0.6) is 0 Å². The van der Waals surface area contributed by atoms with Crippen LogP contribution in [0, 0.1) is 12.8 Å². The van der Waals surface area contributed by atoms with E-state index < -0.39 is 0 Å². The highest BCUT2D eigenvalue weighted by atomic mass is 16.3. The van der Waals surface area contributed by atoms with Gasteiger partial charge < -0.3 is 14.4 Å². The summed E-state index contributed by atoms with van der Waals surface area (Å²) in [4.78, 5) is 7.03. The summed E-state index contributed by atoms with van der Waals surface area (Å²) in [6, 6.07) is 6.11. The summed E-state index contributed by atoms with van der Waals surface area (Å²) in [5.74, 6) is 1.60. The van der Waals surface area contributed by atoms with Crippen molar-refractivity contribution in [2.45, 2.75) is 45.6 Å². The normalized spacial score (nSPS) is 19.1. The van der Waals surface area contributed by atoms with Gasteiger partial charge in [-0.1, -0.05) is 26.0 Å². The van der Waals surface area contributed by atoms with Gasteiger partial charge in [0.25, 0.3) is 0 Å². The van der Waals surface area contributed by atoms with Gasteiger partial charge in [0.1, 0.15) is 5.52 Å². The van der Waals surface area contributed by atoms with E-state index in [1.807, 2.05) is 12.1 Å². The highest BCUT2D eigenvalue weighted by molar-refractivity contribution is 5.76. The van der Waals surface area contributed by atoms with Crippen molar-refractivity contribution < 1.29 is 9.52 Å². The van der Waals surface area contributed by atoms with Crippen LogP contribution in [0.1, 0.15) is 44.1 Å². The van der Waals surface area contributed by atoms with Crippen molar-refractivity contribution >= 4 is 11.1 Å². The molecule has 4 heteroatoms. The zero-order chi connectivity index (χ0) is 15.7. The molecule has 120 valence electrons. The van der Waals surface area contributed by atoms with Crippen molar-refractivity contribution in [3.8, 4) is 0 Å². The Morgan fingerprint density at radius 2 is 2.05 bits per heavy atom. The molecule has 1 unspecified atom stereocenters. The third kappa shape index (κ3) is 3.18. The zero-order valence-electron chi connectivity index (χ0n) is 13.7. The first-order valence-corrected chi connectivity index (χ1v) is 8.31. The van der Waals surface area contributed by atoms with Gasteiger partial charge in [-0.05, 0) is 50.4 Å². The Morgan fingerprint density at radius 1 is 1.32 bits per heavy atom. The lowest BCUT2D eigenvalue weighted by Crippen LogP contribution is -2.40. The van der Waals surface area contributed by atoms with Crippen LogP contribution in [0.25, 0.3) is 11.1 Å². The van der Waals surface area contributed by atoms with Crippen LogP contribution >= 0.6 is 0 Å². The fourth-order valence-electron chi connectivity index (χ4n) is 3.12. The average Bonchev–Trinajstić information content (AvgIpc) is 2.93. The first-order valence-electron chi connectivity index (χ1n) is 8.31. The highest BCUT2D eigenvalue weighted by Crippen LogP contribution is 2.31. The van der Waals surface area contributed by atoms with Gasteiger partial charge >= 0.3 is 0 Å². The average molecular weight is 302 g/mol. The second kappa shape index (κ2) is 6.39. The zero-order valence-corrected chi connectivity index (χ0v) is 13.7. The van der Waals surface area contributed by atoms with E-state index in [-0.39, 0.29) is 6.10 Å². The third-order valence-corrected chi connectivity index (χ3v) is 4.78. The van der Waals surface area contributed by atoms with Crippen molar-refractivity contribution in [3.63, 3.8) is 0 Å². The largest absolute Gasteiger partial charge is 0.440 e. The Balaban J connectivity index is 1.64. The Bertz CT molecular complexity index is 627. The van der Waals surface area contributed by atoms with E-state index in [0.717, 1.165) is 55.0 Å². The molecule has 0 bridgehead atoms. The maximum Gasteiger partial charge on any atom is 0.198 e. The summed E-state index contributed by atoms with van der Waals surface area (Å²) in [5.41, 5.74) is 3.04. The Hall–Kier alpha value is -1.39. The van der Waals surface area contributed by atoms with E-state index in [2.05, 4.69) is 36.7 Å². The molecule has 1 N–H and O–H groups in total. The number of rotatable bonds is 4. The van der Waals surface area contributed by atoms with Crippen LogP contribution in [0.15, 0.2) is 22.6 Å². The quantitative estimate of drug-likeness (QED) is 0.941. The van der Waals surface area contributed by atoms with E-state index in [1.165, 1.54) is 0 Å². The second-order valence-electron chi connectivity index (χ2n) is 6.86. The van der Waals surface area contributed by atoms with Crippen molar-refractivity contribution in [1.82, 2.24) is 9.88 Å². The van der Waals surface area contributed by atoms with Crippen LogP contribution in [0.4, 0.5) is 0 Å². The van der Waals surface area contributed by atoms with Crippen molar-refractivity contribution in [1.29, 1.82) is 0 Å². The predicted octanol–water partition coefficient (Wildman–Crippen LogP) is 3.33. The molecule has 0 aliphatic carbocycles. The van der Waals surface area contributed by atoms with Gasteiger partial charge in [-0.3, -0.25) is 0 Å². The number of para-hydroxylation sites is 1.